The Kier molecular flexibility index (Phi) is 6.20. The van der Waals surface area contributed by atoms with Crippen LogP contribution in [0.4, 0.5) is 18.3 Å². The molecule has 3 aromatic heterocycles. The monoisotopic (exact) mass is 491 g/mol. The van der Waals surface area contributed by atoms with Crippen LogP contribution in [-0.2, 0) is 25.3 Å². The molecule has 0 spiro atoms. The topological polar surface area (TPSA) is 108 Å². The van der Waals surface area contributed by atoms with E-state index in [1.54, 1.807) is 5.38 Å². The van der Waals surface area contributed by atoms with Gasteiger partial charge < -0.3 is 10.1 Å². The highest BCUT2D eigenvalue weighted by molar-refractivity contribution is 7.14. The number of carbonyl (C=O) groups is 1. The predicted octanol–water partition coefficient (Wildman–Crippen LogP) is 2.68. The summed E-state index contributed by atoms with van der Waals surface area (Å²) in [6, 6.07) is 3.43. The molecule has 0 unspecified atom stereocenters. The summed E-state index contributed by atoms with van der Waals surface area (Å²) in [7, 11) is 2.85. The highest BCUT2D eigenvalue weighted by Crippen LogP contribution is 2.29. The Bertz CT molecular complexity index is 1530. The van der Waals surface area contributed by atoms with Crippen LogP contribution in [0.1, 0.15) is 5.56 Å². The summed E-state index contributed by atoms with van der Waals surface area (Å²) in [6.07, 6.45) is 2.55. The molecule has 1 amide bonds. The molecule has 0 saturated carbocycles. The van der Waals surface area contributed by atoms with Crippen molar-refractivity contribution in [1.82, 2.24) is 19.1 Å². The lowest BCUT2D eigenvalue weighted by atomic mass is 10.1. The number of hydrogen-bond donors (Lipinski definition) is 1. The molecule has 1 aromatic carbocycles. The van der Waals surface area contributed by atoms with E-state index in [1.807, 2.05) is 0 Å². The van der Waals surface area contributed by atoms with E-state index >= 15 is 0 Å². The van der Waals surface area contributed by atoms with Crippen molar-refractivity contribution in [3.8, 4) is 17.0 Å². The number of halogens is 3. The summed E-state index contributed by atoms with van der Waals surface area (Å²) in [5.74, 6) is -2.05. The maximum atomic E-state index is 14.0. The number of hydrogen-bond acceptors (Lipinski definition) is 7. The average Bonchev–Trinajstić information content (AvgIpc) is 3.25. The van der Waals surface area contributed by atoms with Gasteiger partial charge in [0, 0.05) is 31.2 Å². The van der Waals surface area contributed by atoms with Crippen LogP contribution in [0.25, 0.3) is 22.2 Å². The zero-order valence-corrected chi connectivity index (χ0v) is 18.5. The van der Waals surface area contributed by atoms with Crippen molar-refractivity contribution in [2.24, 2.45) is 14.1 Å². The SMILES string of the molecule is Cn1c(=O)c2c(CC(=O)Nc3nc(-c4ccc(OC(F)F)c(F)c4)cs3)cncc2n(C)c1=O. The van der Waals surface area contributed by atoms with Crippen molar-refractivity contribution in [3.63, 3.8) is 0 Å². The third kappa shape index (κ3) is 4.41. The van der Waals surface area contributed by atoms with E-state index in [9.17, 15) is 27.6 Å². The molecular weight excluding hydrogens is 475 g/mol. The summed E-state index contributed by atoms with van der Waals surface area (Å²) in [6.45, 7) is -3.15. The second kappa shape index (κ2) is 9.09. The van der Waals surface area contributed by atoms with Crippen molar-refractivity contribution in [2.75, 3.05) is 5.32 Å². The van der Waals surface area contributed by atoms with Gasteiger partial charge >= 0.3 is 12.3 Å². The molecule has 9 nitrogen and oxygen atoms in total. The van der Waals surface area contributed by atoms with E-state index in [0.29, 0.717) is 22.3 Å². The minimum Gasteiger partial charge on any atom is -0.432 e. The normalized spacial score (nSPS) is 11.2. The van der Waals surface area contributed by atoms with Gasteiger partial charge in [-0.25, -0.2) is 14.2 Å². The highest BCUT2D eigenvalue weighted by Gasteiger charge is 2.17. The number of aromatic nitrogens is 4. The third-order valence-electron chi connectivity index (χ3n) is 5.00. The van der Waals surface area contributed by atoms with Gasteiger partial charge in [0.1, 0.15) is 0 Å². The fourth-order valence-corrected chi connectivity index (χ4v) is 4.10. The second-order valence-electron chi connectivity index (χ2n) is 7.19. The molecule has 0 bridgehead atoms. The van der Waals surface area contributed by atoms with Gasteiger partial charge in [-0.2, -0.15) is 8.78 Å². The molecule has 0 saturated heterocycles. The van der Waals surface area contributed by atoms with Crippen LogP contribution in [0, 0.1) is 5.82 Å². The van der Waals surface area contributed by atoms with Gasteiger partial charge in [0.2, 0.25) is 5.91 Å². The number of anilines is 1. The first-order valence-corrected chi connectivity index (χ1v) is 10.6. The molecule has 0 aliphatic carbocycles. The van der Waals surface area contributed by atoms with Crippen LogP contribution < -0.4 is 21.3 Å². The third-order valence-corrected chi connectivity index (χ3v) is 5.76. The molecule has 13 heteroatoms. The second-order valence-corrected chi connectivity index (χ2v) is 8.04. The molecule has 1 N–H and O–H groups in total. The zero-order valence-electron chi connectivity index (χ0n) is 17.7. The lowest BCUT2D eigenvalue weighted by Gasteiger charge is -2.10. The summed E-state index contributed by atoms with van der Waals surface area (Å²) in [5, 5.41) is 4.58. The van der Waals surface area contributed by atoms with Gasteiger partial charge in [0.15, 0.2) is 16.7 Å². The Balaban J connectivity index is 1.55. The molecule has 34 heavy (non-hydrogen) atoms. The van der Waals surface area contributed by atoms with Crippen molar-refractivity contribution in [1.29, 1.82) is 0 Å². The number of ether oxygens (including phenoxy) is 1. The summed E-state index contributed by atoms with van der Waals surface area (Å²) < 4.78 is 44.9. The quantitative estimate of drug-likeness (QED) is 0.444. The van der Waals surface area contributed by atoms with E-state index < -0.39 is 35.3 Å². The molecule has 0 fully saturated rings. The van der Waals surface area contributed by atoms with Crippen LogP contribution in [-0.4, -0.2) is 31.6 Å². The standard InChI is InChI=1S/C21H16F3N5O4S/c1-28-14-8-25-7-11(17(14)18(31)29(2)21(28)32)6-16(30)27-20-26-13(9-34-20)10-3-4-15(12(22)5-10)33-19(23)24/h3-5,7-9,19H,6H2,1-2H3,(H,26,27,30). The van der Waals surface area contributed by atoms with Crippen LogP contribution in [0.3, 0.4) is 0 Å². The van der Waals surface area contributed by atoms with Crippen molar-refractivity contribution < 1.29 is 22.7 Å². The number of nitrogens with zero attached hydrogens (tertiary/aromatic N) is 4. The number of fused-ring (bicyclic) bond motifs is 1. The van der Waals surface area contributed by atoms with E-state index in [1.165, 1.54) is 37.1 Å². The predicted molar refractivity (Wildman–Crippen MR) is 119 cm³/mol. The fourth-order valence-electron chi connectivity index (χ4n) is 3.36. The van der Waals surface area contributed by atoms with Crippen LogP contribution in [0.5, 0.6) is 5.75 Å². The maximum absolute atomic E-state index is 14.0. The van der Waals surface area contributed by atoms with Gasteiger partial charge in [-0.15, -0.1) is 11.3 Å². The summed E-state index contributed by atoms with van der Waals surface area (Å²) >= 11 is 1.07. The zero-order chi connectivity index (χ0) is 24.6. The minimum absolute atomic E-state index is 0.205. The fraction of sp³-hybridized carbons (Fsp3) is 0.190. The maximum Gasteiger partial charge on any atom is 0.387 e. The minimum atomic E-state index is -3.15. The Morgan fingerprint density at radius 1 is 1.21 bits per heavy atom. The molecule has 4 aromatic rings. The molecule has 0 aliphatic heterocycles. The number of thiazole rings is 1. The van der Waals surface area contributed by atoms with E-state index in [-0.39, 0.29) is 16.9 Å². The summed E-state index contributed by atoms with van der Waals surface area (Å²) in [4.78, 5) is 45.6. The lowest BCUT2D eigenvalue weighted by Crippen LogP contribution is -2.37. The number of alkyl halides is 2. The molecule has 3 heterocycles. The number of benzene rings is 1. The van der Waals surface area contributed by atoms with Gasteiger partial charge in [-0.3, -0.25) is 23.7 Å². The Morgan fingerprint density at radius 3 is 2.68 bits per heavy atom. The molecule has 4 rings (SSSR count). The molecule has 0 atom stereocenters. The first-order chi connectivity index (χ1) is 16.2. The van der Waals surface area contributed by atoms with Crippen LogP contribution in [0.2, 0.25) is 0 Å². The lowest BCUT2D eigenvalue weighted by molar-refractivity contribution is -0.115. The first kappa shape index (κ1) is 23.2. The van der Waals surface area contributed by atoms with Crippen LogP contribution >= 0.6 is 11.3 Å². The number of pyridine rings is 1. The molecule has 176 valence electrons. The number of carbonyl (C=O) groups excluding carboxylic acids is 1. The van der Waals surface area contributed by atoms with Gasteiger partial charge in [0.05, 0.1) is 29.2 Å². The van der Waals surface area contributed by atoms with Crippen molar-refractivity contribution in [2.45, 2.75) is 13.0 Å². The van der Waals surface area contributed by atoms with E-state index in [0.717, 1.165) is 28.0 Å². The number of aryl methyl sites for hydroxylation is 1. The summed E-state index contributed by atoms with van der Waals surface area (Å²) in [5.41, 5.74) is 0.204. The van der Waals surface area contributed by atoms with Gasteiger partial charge in [-0.05, 0) is 23.8 Å². The van der Waals surface area contributed by atoms with E-state index in [4.69, 9.17) is 0 Å². The largest absolute Gasteiger partial charge is 0.432 e. The van der Waals surface area contributed by atoms with Crippen molar-refractivity contribution in [3.05, 3.63) is 68.2 Å². The average molecular weight is 491 g/mol. The Labute approximate surface area is 193 Å². The van der Waals surface area contributed by atoms with Gasteiger partial charge in [0.25, 0.3) is 5.56 Å². The van der Waals surface area contributed by atoms with Crippen LogP contribution in [0.15, 0.2) is 45.6 Å². The Morgan fingerprint density at radius 2 is 1.97 bits per heavy atom. The first-order valence-electron chi connectivity index (χ1n) is 9.68. The smallest absolute Gasteiger partial charge is 0.387 e. The van der Waals surface area contributed by atoms with Gasteiger partial charge in [-0.1, -0.05) is 0 Å². The molecule has 0 aliphatic rings. The Hall–Kier alpha value is -4.00. The van der Waals surface area contributed by atoms with E-state index in [2.05, 4.69) is 20.0 Å². The highest BCUT2D eigenvalue weighted by atomic mass is 32.1. The molecule has 0 radical (unpaired) electrons. The van der Waals surface area contributed by atoms with Crippen molar-refractivity contribution >= 4 is 33.3 Å². The number of nitrogens with one attached hydrogen (secondary N) is 1. The number of amides is 1. The molecular formula is C21H16F3N5O4S. The number of rotatable bonds is 6.